The lowest BCUT2D eigenvalue weighted by Crippen LogP contribution is -2.25. The van der Waals surface area contributed by atoms with Crippen LogP contribution in [0.1, 0.15) is 5.76 Å². The number of carbonyl (C=O) groups is 1. The summed E-state index contributed by atoms with van der Waals surface area (Å²) in [5, 5.41) is 17.5. The minimum absolute atomic E-state index is 0.232. The molecule has 2 heterocycles. The lowest BCUT2D eigenvalue weighted by atomic mass is 10.4. The van der Waals surface area contributed by atoms with Gasteiger partial charge in [0.1, 0.15) is 10.7 Å². The smallest absolute Gasteiger partial charge is 0.401 e. The van der Waals surface area contributed by atoms with E-state index in [-0.39, 0.29) is 17.6 Å². The Kier molecular flexibility index (Phi) is 4.72. The van der Waals surface area contributed by atoms with E-state index in [1.807, 2.05) is 0 Å². The molecule has 1 amide bonds. The lowest BCUT2D eigenvalue weighted by molar-refractivity contribution is -0.402. The second-order valence-corrected chi connectivity index (χ2v) is 4.42. The minimum atomic E-state index is -0.646. The first-order valence-corrected chi connectivity index (χ1v) is 6.30. The Hall–Kier alpha value is -2.61. The Balaban J connectivity index is 1.78. The van der Waals surface area contributed by atoms with Crippen molar-refractivity contribution in [2.75, 3.05) is 6.54 Å². The van der Waals surface area contributed by atoms with E-state index < -0.39 is 4.92 Å². The fourth-order valence-corrected chi connectivity index (χ4v) is 1.66. The summed E-state index contributed by atoms with van der Waals surface area (Å²) in [6.07, 6.45) is 5.74. The highest BCUT2D eigenvalue weighted by atomic mass is 35.5. The van der Waals surface area contributed by atoms with Gasteiger partial charge in [0.05, 0.1) is 23.8 Å². The normalized spacial score (nSPS) is 10.9. The number of hydrogen-bond donors (Lipinski definition) is 1. The van der Waals surface area contributed by atoms with E-state index in [0.717, 1.165) is 0 Å². The van der Waals surface area contributed by atoms with Crippen LogP contribution in [0, 0.1) is 10.1 Å². The summed E-state index contributed by atoms with van der Waals surface area (Å²) < 4.78 is 6.48. The van der Waals surface area contributed by atoms with Gasteiger partial charge in [-0.15, -0.1) is 0 Å². The van der Waals surface area contributed by atoms with E-state index in [0.29, 0.717) is 18.1 Å². The van der Waals surface area contributed by atoms with Crippen molar-refractivity contribution < 1.29 is 14.1 Å². The average molecular weight is 311 g/mol. The van der Waals surface area contributed by atoms with Crippen molar-refractivity contribution in [3.63, 3.8) is 0 Å². The van der Waals surface area contributed by atoms with Gasteiger partial charge in [-0.1, -0.05) is 11.6 Å². The summed E-state index contributed by atoms with van der Waals surface area (Å²) in [4.78, 5) is 21.3. The summed E-state index contributed by atoms with van der Waals surface area (Å²) in [6, 6.07) is 2.63. The van der Waals surface area contributed by atoms with Gasteiger partial charge in [-0.3, -0.25) is 19.6 Å². The molecular weight excluding hydrogens is 300 g/mol. The quantitative estimate of drug-likeness (QED) is 0.498. The van der Waals surface area contributed by atoms with Crippen molar-refractivity contribution in [3.8, 4) is 0 Å². The van der Waals surface area contributed by atoms with E-state index in [1.165, 1.54) is 30.5 Å². The molecule has 0 aromatic carbocycles. The van der Waals surface area contributed by atoms with Crippen LogP contribution in [0.15, 0.2) is 35.0 Å². The van der Waals surface area contributed by atoms with Gasteiger partial charge in [0.15, 0.2) is 0 Å². The number of nitrogens with zero attached hydrogens (tertiary/aromatic N) is 3. The molecule has 110 valence electrons. The van der Waals surface area contributed by atoms with Crippen LogP contribution < -0.4 is 5.32 Å². The first kappa shape index (κ1) is 14.8. The summed E-state index contributed by atoms with van der Waals surface area (Å²) in [6.45, 7) is 0.859. The molecule has 0 atom stereocenters. The maximum Gasteiger partial charge on any atom is 0.433 e. The lowest BCUT2D eigenvalue weighted by Gasteiger charge is -2.01. The number of nitro groups is 1. The molecule has 0 bridgehead atoms. The molecule has 0 saturated heterocycles. The number of carbonyl (C=O) groups excluding carboxylic acids is 1. The molecule has 9 heteroatoms. The molecule has 2 aromatic heterocycles. The third-order valence-electron chi connectivity index (χ3n) is 2.43. The molecule has 2 rings (SSSR count). The molecular formula is C12H11ClN4O4. The Bertz CT molecular complexity index is 676. The largest absolute Gasteiger partial charge is 0.433 e. The third-order valence-corrected chi connectivity index (χ3v) is 2.63. The molecule has 1 N–H and O–H groups in total. The molecule has 0 saturated carbocycles. The summed E-state index contributed by atoms with van der Waals surface area (Å²) in [5.74, 6) is -0.478. The van der Waals surface area contributed by atoms with E-state index in [1.54, 1.807) is 10.9 Å². The highest BCUT2D eigenvalue weighted by molar-refractivity contribution is 6.30. The Labute approximate surface area is 124 Å². The molecule has 2 aromatic rings. The van der Waals surface area contributed by atoms with Crippen molar-refractivity contribution in [2.24, 2.45) is 0 Å². The van der Waals surface area contributed by atoms with Gasteiger partial charge in [-0.2, -0.15) is 5.10 Å². The second-order valence-electron chi connectivity index (χ2n) is 3.98. The molecule has 0 aliphatic rings. The van der Waals surface area contributed by atoms with Crippen molar-refractivity contribution >= 4 is 29.5 Å². The first-order valence-electron chi connectivity index (χ1n) is 5.93. The van der Waals surface area contributed by atoms with Crippen LogP contribution in [0.4, 0.5) is 5.88 Å². The minimum Gasteiger partial charge on any atom is -0.401 e. The van der Waals surface area contributed by atoms with E-state index in [2.05, 4.69) is 10.4 Å². The van der Waals surface area contributed by atoms with E-state index >= 15 is 0 Å². The molecule has 0 radical (unpaired) electrons. The van der Waals surface area contributed by atoms with Gasteiger partial charge in [0.25, 0.3) is 0 Å². The van der Waals surface area contributed by atoms with Crippen LogP contribution in [-0.2, 0) is 11.3 Å². The predicted octanol–water partition coefficient (Wildman–Crippen LogP) is 1.87. The second kappa shape index (κ2) is 6.71. The molecule has 8 nitrogen and oxygen atoms in total. The van der Waals surface area contributed by atoms with E-state index in [9.17, 15) is 14.9 Å². The van der Waals surface area contributed by atoms with Crippen LogP contribution in [0.5, 0.6) is 0 Å². The van der Waals surface area contributed by atoms with Crippen molar-refractivity contribution in [3.05, 3.63) is 51.5 Å². The maximum absolute atomic E-state index is 11.5. The number of furan rings is 1. The van der Waals surface area contributed by atoms with Gasteiger partial charge < -0.3 is 9.73 Å². The van der Waals surface area contributed by atoms with Gasteiger partial charge in [0, 0.05) is 18.8 Å². The molecule has 0 unspecified atom stereocenters. The monoisotopic (exact) mass is 310 g/mol. The zero-order chi connectivity index (χ0) is 15.2. The fourth-order valence-electron chi connectivity index (χ4n) is 1.50. The zero-order valence-electron chi connectivity index (χ0n) is 10.7. The van der Waals surface area contributed by atoms with Gasteiger partial charge in [0.2, 0.25) is 5.91 Å². The van der Waals surface area contributed by atoms with Gasteiger partial charge in [-0.05, 0) is 12.1 Å². The van der Waals surface area contributed by atoms with Crippen molar-refractivity contribution in [1.29, 1.82) is 0 Å². The number of hydrogen-bond acceptors (Lipinski definition) is 5. The number of rotatable bonds is 6. The third kappa shape index (κ3) is 4.46. The highest BCUT2D eigenvalue weighted by Gasteiger charge is 2.09. The molecule has 0 aliphatic heterocycles. The number of amides is 1. The number of aromatic nitrogens is 2. The Morgan fingerprint density at radius 3 is 3.00 bits per heavy atom. The van der Waals surface area contributed by atoms with E-state index in [4.69, 9.17) is 16.0 Å². The highest BCUT2D eigenvalue weighted by Crippen LogP contribution is 2.16. The van der Waals surface area contributed by atoms with Gasteiger partial charge in [-0.25, -0.2) is 0 Å². The first-order chi connectivity index (χ1) is 10.0. The molecule has 0 fully saturated rings. The molecule has 21 heavy (non-hydrogen) atoms. The maximum atomic E-state index is 11.5. The SMILES string of the molecule is O=C(/C=C/c1ccc([N+](=O)[O-])o1)NCCn1cc(Cl)cn1. The topological polar surface area (TPSA) is 103 Å². The zero-order valence-corrected chi connectivity index (χ0v) is 11.5. The van der Waals surface area contributed by atoms with Crippen LogP contribution >= 0.6 is 11.6 Å². The molecule has 0 aliphatic carbocycles. The fraction of sp³-hybridized carbons (Fsp3) is 0.167. The van der Waals surface area contributed by atoms with Crippen molar-refractivity contribution in [1.82, 2.24) is 15.1 Å². The average Bonchev–Trinajstić information content (AvgIpc) is 3.05. The number of halogens is 1. The standard InChI is InChI=1S/C12H11ClN4O4/c13-9-7-15-16(8-9)6-5-14-11(18)3-1-10-2-4-12(21-10)17(19)20/h1-4,7-8H,5-6H2,(H,14,18)/b3-1+. The van der Waals surface area contributed by atoms with Crippen molar-refractivity contribution in [2.45, 2.75) is 6.54 Å². The van der Waals surface area contributed by atoms with Crippen LogP contribution in [0.25, 0.3) is 6.08 Å². The van der Waals surface area contributed by atoms with Crippen LogP contribution in [0.2, 0.25) is 5.02 Å². The van der Waals surface area contributed by atoms with Crippen LogP contribution in [-0.4, -0.2) is 27.2 Å². The Morgan fingerprint density at radius 1 is 1.57 bits per heavy atom. The Morgan fingerprint density at radius 2 is 2.38 bits per heavy atom. The summed E-state index contributed by atoms with van der Waals surface area (Å²) in [7, 11) is 0. The van der Waals surface area contributed by atoms with Crippen LogP contribution in [0.3, 0.4) is 0 Å². The van der Waals surface area contributed by atoms with Gasteiger partial charge >= 0.3 is 5.88 Å². The summed E-state index contributed by atoms with van der Waals surface area (Å²) in [5.41, 5.74) is 0. The summed E-state index contributed by atoms with van der Waals surface area (Å²) >= 11 is 5.70. The predicted molar refractivity (Wildman–Crippen MR) is 74.6 cm³/mol. The molecule has 0 spiro atoms. The number of nitrogens with one attached hydrogen (secondary N) is 1.